The van der Waals surface area contributed by atoms with Gasteiger partial charge in [-0.2, -0.15) is 0 Å². The van der Waals surface area contributed by atoms with E-state index in [0.29, 0.717) is 5.95 Å². The summed E-state index contributed by atoms with van der Waals surface area (Å²) in [6.45, 7) is 9.02. The summed E-state index contributed by atoms with van der Waals surface area (Å²) in [5.74, 6) is 1.55. The summed E-state index contributed by atoms with van der Waals surface area (Å²) in [4.78, 5) is 9.00. The molecular formula is C17H23N3O. The molecule has 2 aromatic rings. The maximum atomic E-state index is 5.74. The van der Waals surface area contributed by atoms with Gasteiger partial charge in [-0.3, -0.25) is 0 Å². The van der Waals surface area contributed by atoms with Crippen LogP contribution in [0, 0.1) is 6.92 Å². The maximum Gasteiger partial charge on any atom is 0.223 e. The minimum atomic E-state index is 0.161. The van der Waals surface area contributed by atoms with Crippen LogP contribution in [0.2, 0.25) is 0 Å². The monoisotopic (exact) mass is 285 g/mol. The van der Waals surface area contributed by atoms with Crippen LogP contribution in [0.3, 0.4) is 0 Å². The predicted molar refractivity (Wildman–Crippen MR) is 86.7 cm³/mol. The number of hydrogen-bond donors (Lipinski definition) is 1. The van der Waals surface area contributed by atoms with E-state index in [4.69, 9.17) is 4.74 Å². The fourth-order valence-corrected chi connectivity index (χ4v) is 2.03. The zero-order valence-corrected chi connectivity index (χ0v) is 13.2. The zero-order chi connectivity index (χ0) is 15.2. The van der Waals surface area contributed by atoms with Crippen LogP contribution >= 0.6 is 0 Å². The molecule has 1 heterocycles. The van der Waals surface area contributed by atoms with Crippen LogP contribution in [0.1, 0.15) is 32.9 Å². The smallest absolute Gasteiger partial charge is 0.223 e. The van der Waals surface area contributed by atoms with Crippen LogP contribution < -0.4 is 10.1 Å². The standard InChI is InChI=1S/C17H23N3O/c1-5-9-18-17-19-13(4)10-16(20-17)14-7-6-8-15(11-14)21-12(2)3/h6-8,10-12H,5,9H2,1-4H3,(H,18,19,20). The predicted octanol–water partition coefficient (Wildman–Crippen LogP) is 4.06. The second kappa shape index (κ2) is 7.07. The highest BCUT2D eigenvalue weighted by Gasteiger charge is 2.06. The number of aromatic nitrogens is 2. The van der Waals surface area contributed by atoms with E-state index in [1.807, 2.05) is 51.1 Å². The van der Waals surface area contributed by atoms with E-state index in [-0.39, 0.29) is 6.10 Å². The molecule has 0 atom stereocenters. The van der Waals surface area contributed by atoms with Gasteiger partial charge in [-0.15, -0.1) is 0 Å². The molecule has 4 nitrogen and oxygen atoms in total. The molecule has 0 aliphatic rings. The normalized spacial score (nSPS) is 10.7. The molecule has 1 aromatic carbocycles. The number of anilines is 1. The molecule has 0 unspecified atom stereocenters. The fraction of sp³-hybridized carbons (Fsp3) is 0.412. The van der Waals surface area contributed by atoms with Crippen molar-refractivity contribution in [2.75, 3.05) is 11.9 Å². The van der Waals surface area contributed by atoms with Gasteiger partial charge in [0.05, 0.1) is 11.8 Å². The second-order valence-electron chi connectivity index (χ2n) is 5.34. The summed E-state index contributed by atoms with van der Waals surface area (Å²) < 4.78 is 5.74. The van der Waals surface area contributed by atoms with Crippen molar-refractivity contribution in [3.8, 4) is 17.0 Å². The van der Waals surface area contributed by atoms with Gasteiger partial charge >= 0.3 is 0 Å². The highest BCUT2D eigenvalue weighted by atomic mass is 16.5. The van der Waals surface area contributed by atoms with Gasteiger partial charge in [0.1, 0.15) is 5.75 Å². The molecular weight excluding hydrogens is 262 g/mol. The van der Waals surface area contributed by atoms with Gasteiger partial charge in [0.15, 0.2) is 0 Å². The average molecular weight is 285 g/mol. The van der Waals surface area contributed by atoms with Gasteiger partial charge in [0.25, 0.3) is 0 Å². The lowest BCUT2D eigenvalue weighted by atomic mass is 10.1. The van der Waals surface area contributed by atoms with Gasteiger partial charge in [0.2, 0.25) is 5.95 Å². The van der Waals surface area contributed by atoms with Gasteiger partial charge in [-0.05, 0) is 45.4 Å². The summed E-state index contributed by atoms with van der Waals surface area (Å²) >= 11 is 0. The molecule has 4 heteroatoms. The Bertz CT molecular complexity index is 596. The van der Waals surface area contributed by atoms with E-state index in [2.05, 4.69) is 22.2 Å². The quantitative estimate of drug-likeness (QED) is 0.869. The van der Waals surface area contributed by atoms with Crippen LogP contribution in [0.5, 0.6) is 5.75 Å². The molecule has 0 fully saturated rings. The number of benzene rings is 1. The SMILES string of the molecule is CCCNc1nc(C)cc(-c2cccc(OC(C)C)c2)n1. The minimum absolute atomic E-state index is 0.161. The molecule has 21 heavy (non-hydrogen) atoms. The summed E-state index contributed by atoms with van der Waals surface area (Å²) in [7, 11) is 0. The number of ether oxygens (including phenoxy) is 1. The lowest BCUT2D eigenvalue weighted by Gasteiger charge is -2.11. The Morgan fingerprint density at radius 1 is 1.19 bits per heavy atom. The van der Waals surface area contributed by atoms with Crippen molar-refractivity contribution in [3.63, 3.8) is 0 Å². The number of aryl methyl sites for hydroxylation is 1. The molecule has 0 bridgehead atoms. The second-order valence-corrected chi connectivity index (χ2v) is 5.34. The third-order valence-corrected chi connectivity index (χ3v) is 2.89. The first kappa shape index (κ1) is 15.3. The van der Waals surface area contributed by atoms with Gasteiger partial charge in [0, 0.05) is 17.8 Å². The topological polar surface area (TPSA) is 47.0 Å². The van der Waals surface area contributed by atoms with Crippen molar-refractivity contribution in [1.29, 1.82) is 0 Å². The third kappa shape index (κ3) is 4.45. The van der Waals surface area contributed by atoms with Crippen LogP contribution in [-0.2, 0) is 0 Å². The first-order chi connectivity index (χ1) is 10.1. The van der Waals surface area contributed by atoms with E-state index in [1.54, 1.807) is 0 Å². The first-order valence-corrected chi connectivity index (χ1v) is 7.45. The van der Waals surface area contributed by atoms with E-state index >= 15 is 0 Å². The largest absolute Gasteiger partial charge is 0.491 e. The third-order valence-electron chi connectivity index (χ3n) is 2.89. The first-order valence-electron chi connectivity index (χ1n) is 7.45. The molecule has 0 spiro atoms. The zero-order valence-electron chi connectivity index (χ0n) is 13.2. The van der Waals surface area contributed by atoms with Crippen molar-refractivity contribution in [2.24, 2.45) is 0 Å². The number of rotatable bonds is 6. The Morgan fingerprint density at radius 3 is 2.71 bits per heavy atom. The van der Waals surface area contributed by atoms with E-state index < -0.39 is 0 Å². The molecule has 0 amide bonds. The van der Waals surface area contributed by atoms with E-state index in [9.17, 15) is 0 Å². The molecule has 0 aliphatic heterocycles. The van der Waals surface area contributed by atoms with Crippen molar-refractivity contribution in [1.82, 2.24) is 9.97 Å². The molecule has 0 saturated heterocycles. The molecule has 0 saturated carbocycles. The van der Waals surface area contributed by atoms with Crippen LogP contribution in [-0.4, -0.2) is 22.6 Å². The van der Waals surface area contributed by atoms with E-state index in [1.165, 1.54) is 0 Å². The maximum absolute atomic E-state index is 5.74. The van der Waals surface area contributed by atoms with Crippen LogP contribution in [0.4, 0.5) is 5.95 Å². The molecule has 112 valence electrons. The van der Waals surface area contributed by atoms with Gasteiger partial charge in [-0.25, -0.2) is 9.97 Å². The minimum Gasteiger partial charge on any atom is -0.491 e. The van der Waals surface area contributed by atoms with Crippen molar-refractivity contribution in [3.05, 3.63) is 36.0 Å². The molecule has 0 aliphatic carbocycles. The highest BCUT2D eigenvalue weighted by molar-refractivity contribution is 5.62. The van der Waals surface area contributed by atoms with Crippen molar-refractivity contribution >= 4 is 5.95 Å². The molecule has 0 radical (unpaired) electrons. The van der Waals surface area contributed by atoms with Crippen LogP contribution in [0.15, 0.2) is 30.3 Å². The summed E-state index contributed by atoms with van der Waals surface area (Å²) in [6.07, 6.45) is 1.21. The lowest BCUT2D eigenvalue weighted by Crippen LogP contribution is -2.06. The summed E-state index contributed by atoms with van der Waals surface area (Å²) in [5.41, 5.74) is 2.90. The van der Waals surface area contributed by atoms with Crippen LogP contribution in [0.25, 0.3) is 11.3 Å². The number of hydrogen-bond acceptors (Lipinski definition) is 4. The Kier molecular flexibility index (Phi) is 5.14. The number of nitrogens with zero attached hydrogens (tertiary/aromatic N) is 2. The molecule has 1 N–H and O–H groups in total. The Hall–Kier alpha value is -2.10. The average Bonchev–Trinajstić information content (AvgIpc) is 2.44. The van der Waals surface area contributed by atoms with Crippen molar-refractivity contribution in [2.45, 2.75) is 40.2 Å². The summed E-state index contributed by atoms with van der Waals surface area (Å²) in [5, 5.41) is 3.24. The number of nitrogens with one attached hydrogen (secondary N) is 1. The fourth-order valence-electron chi connectivity index (χ4n) is 2.03. The van der Waals surface area contributed by atoms with Crippen molar-refractivity contribution < 1.29 is 4.74 Å². The Morgan fingerprint density at radius 2 is 2.00 bits per heavy atom. The Balaban J connectivity index is 2.30. The van der Waals surface area contributed by atoms with Gasteiger partial charge < -0.3 is 10.1 Å². The van der Waals surface area contributed by atoms with Gasteiger partial charge in [-0.1, -0.05) is 19.1 Å². The highest BCUT2D eigenvalue weighted by Crippen LogP contribution is 2.24. The molecule has 2 rings (SSSR count). The molecule has 1 aromatic heterocycles. The Labute approximate surface area is 126 Å². The summed E-state index contributed by atoms with van der Waals surface area (Å²) in [6, 6.07) is 10.0. The van der Waals surface area contributed by atoms with E-state index in [0.717, 1.165) is 35.7 Å². The lowest BCUT2D eigenvalue weighted by molar-refractivity contribution is 0.242.